The molecular weight excluding hydrogens is 420 g/mol. The van der Waals surface area contributed by atoms with Gasteiger partial charge < -0.3 is 9.47 Å². The van der Waals surface area contributed by atoms with Gasteiger partial charge in [0.15, 0.2) is 0 Å². The standard InChI is InChI=1S/C11H9Br3O3/c1-3-16-11(15)6(2)17-8-5-4-7(12)9(13)10(8)14/h4-5H,2-3H2,1H3. The zero-order valence-corrected chi connectivity index (χ0v) is 13.7. The van der Waals surface area contributed by atoms with Gasteiger partial charge in [-0.25, -0.2) is 4.79 Å². The molecule has 0 atom stereocenters. The van der Waals surface area contributed by atoms with Crippen molar-refractivity contribution >= 4 is 53.8 Å². The van der Waals surface area contributed by atoms with E-state index in [2.05, 4.69) is 54.4 Å². The Bertz CT molecular complexity index is 458. The minimum absolute atomic E-state index is 0.0539. The van der Waals surface area contributed by atoms with Gasteiger partial charge in [-0.3, -0.25) is 0 Å². The van der Waals surface area contributed by atoms with Crippen LogP contribution in [0.3, 0.4) is 0 Å². The normalized spacial score (nSPS) is 9.88. The first-order valence-corrected chi connectivity index (χ1v) is 7.02. The molecule has 0 amide bonds. The molecule has 92 valence electrons. The Hall–Kier alpha value is -0.330. The van der Waals surface area contributed by atoms with Gasteiger partial charge in [-0.05, 0) is 73.4 Å². The lowest BCUT2D eigenvalue weighted by atomic mass is 10.3. The van der Waals surface area contributed by atoms with Crippen molar-refractivity contribution in [3.8, 4) is 5.75 Å². The first-order chi connectivity index (χ1) is 7.97. The molecule has 0 aliphatic heterocycles. The van der Waals surface area contributed by atoms with Crippen LogP contribution < -0.4 is 4.74 Å². The maximum Gasteiger partial charge on any atom is 0.373 e. The number of benzene rings is 1. The summed E-state index contributed by atoms with van der Waals surface area (Å²) in [6.07, 6.45) is 0. The summed E-state index contributed by atoms with van der Waals surface area (Å²) in [5, 5.41) is 0. The van der Waals surface area contributed by atoms with Crippen LogP contribution in [0.5, 0.6) is 5.75 Å². The Morgan fingerprint density at radius 1 is 1.29 bits per heavy atom. The van der Waals surface area contributed by atoms with Crippen LogP contribution in [0.2, 0.25) is 0 Å². The molecule has 0 aromatic heterocycles. The molecule has 0 radical (unpaired) electrons. The first kappa shape index (κ1) is 14.7. The minimum atomic E-state index is -0.571. The maximum atomic E-state index is 11.3. The average molecular weight is 429 g/mol. The summed E-state index contributed by atoms with van der Waals surface area (Å²) in [5.41, 5.74) is 0. The highest BCUT2D eigenvalue weighted by molar-refractivity contribution is 9.14. The highest BCUT2D eigenvalue weighted by Crippen LogP contribution is 2.38. The largest absolute Gasteiger partial charge is 0.460 e. The van der Waals surface area contributed by atoms with Crippen LogP contribution in [0.1, 0.15) is 6.92 Å². The van der Waals surface area contributed by atoms with Gasteiger partial charge >= 0.3 is 5.97 Å². The van der Waals surface area contributed by atoms with E-state index in [0.717, 1.165) is 8.95 Å². The molecule has 0 aliphatic carbocycles. The van der Waals surface area contributed by atoms with Crippen molar-refractivity contribution in [1.82, 2.24) is 0 Å². The van der Waals surface area contributed by atoms with Crippen LogP contribution in [0, 0.1) is 0 Å². The smallest absolute Gasteiger partial charge is 0.373 e. The van der Waals surface area contributed by atoms with Gasteiger partial charge in [0.2, 0.25) is 5.76 Å². The highest BCUT2D eigenvalue weighted by atomic mass is 79.9. The molecule has 0 heterocycles. The average Bonchev–Trinajstić information content (AvgIpc) is 2.30. The zero-order valence-electron chi connectivity index (χ0n) is 8.93. The summed E-state index contributed by atoms with van der Waals surface area (Å²) in [6.45, 7) is 5.52. The number of halogens is 3. The molecule has 1 rings (SSSR count). The highest BCUT2D eigenvalue weighted by Gasteiger charge is 2.14. The molecule has 0 unspecified atom stereocenters. The molecule has 3 nitrogen and oxygen atoms in total. The van der Waals surface area contributed by atoms with Crippen LogP contribution in [0.4, 0.5) is 0 Å². The molecule has 0 N–H and O–H groups in total. The lowest BCUT2D eigenvalue weighted by Gasteiger charge is -2.10. The minimum Gasteiger partial charge on any atom is -0.460 e. The molecule has 0 aliphatic rings. The van der Waals surface area contributed by atoms with E-state index in [-0.39, 0.29) is 12.4 Å². The topological polar surface area (TPSA) is 35.5 Å². The number of esters is 1. The molecule has 0 fully saturated rings. The van der Waals surface area contributed by atoms with Crippen molar-refractivity contribution in [2.45, 2.75) is 6.92 Å². The number of carbonyl (C=O) groups is 1. The van der Waals surface area contributed by atoms with Gasteiger partial charge in [0.05, 0.1) is 11.1 Å². The van der Waals surface area contributed by atoms with E-state index in [0.29, 0.717) is 10.2 Å². The van der Waals surface area contributed by atoms with Gasteiger partial charge in [-0.15, -0.1) is 0 Å². The summed E-state index contributed by atoms with van der Waals surface area (Å²) in [6, 6.07) is 3.51. The maximum absolute atomic E-state index is 11.3. The Balaban J connectivity index is 2.86. The Kier molecular flexibility index (Phi) is 5.69. The third-order valence-corrected chi connectivity index (χ3v) is 5.07. The lowest BCUT2D eigenvalue weighted by molar-refractivity contribution is -0.140. The van der Waals surface area contributed by atoms with E-state index in [1.807, 2.05) is 0 Å². The molecule has 17 heavy (non-hydrogen) atoms. The van der Waals surface area contributed by atoms with E-state index in [1.165, 1.54) is 0 Å². The number of ether oxygens (including phenoxy) is 2. The summed E-state index contributed by atoms with van der Waals surface area (Å²) in [5.74, 6) is -0.140. The van der Waals surface area contributed by atoms with Crippen molar-refractivity contribution in [2.75, 3.05) is 6.61 Å². The quantitative estimate of drug-likeness (QED) is 0.308. The summed E-state index contributed by atoms with van der Waals surface area (Å²) in [7, 11) is 0. The van der Waals surface area contributed by atoms with E-state index in [1.54, 1.807) is 19.1 Å². The fourth-order valence-electron chi connectivity index (χ4n) is 0.973. The molecule has 1 aromatic carbocycles. The van der Waals surface area contributed by atoms with E-state index >= 15 is 0 Å². The number of hydrogen-bond acceptors (Lipinski definition) is 3. The van der Waals surface area contributed by atoms with Gasteiger partial charge in [-0.1, -0.05) is 0 Å². The third-order valence-electron chi connectivity index (χ3n) is 1.74. The van der Waals surface area contributed by atoms with Crippen molar-refractivity contribution < 1.29 is 14.3 Å². The van der Waals surface area contributed by atoms with Gasteiger partial charge in [0.1, 0.15) is 5.75 Å². The second kappa shape index (κ2) is 6.56. The molecule has 0 spiro atoms. The van der Waals surface area contributed by atoms with Gasteiger partial charge in [-0.2, -0.15) is 0 Å². The Morgan fingerprint density at radius 3 is 2.53 bits per heavy atom. The number of rotatable bonds is 4. The fraction of sp³-hybridized carbons (Fsp3) is 0.182. The van der Waals surface area contributed by atoms with Crippen molar-refractivity contribution in [1.29, 1.82) is 0 Å². The van der Waals surface area contributed by atoms with Crippen LogP contribution in [-0.2, 0) is 9.53 Å². The van der Waals surface area contributed by atoms with Gasteiger partial charge in [0.25, 0.3) is 0 Å². The van der Waals surface area contributed by atoms with Crippen LogP contribution in [0.25, 0.3) is 0 Å². The summed E-state index contributed by atoms with van der Waals surface area (Å²) >= 11 is 10.1. The summed E-state index contributed by atoms with van der Waals surface area (Å²) in [4.78, 5) is 11.3. The van der Waals surface area contributed by atoms with Gasteiger partial charge in [0, 0.05) is 8.95 Å². The zero-order chi connectivity index (χ0) is 13.0. The second-order valence-corrected chi connectivity index (χ2v) is 5.36. The third kappa shape index (κ3) is 3.82. The van der Waals surface area contributed by atoms with E-state index in [4.69, 9.17) is 9.47 Å². The SMILES string of the molecule is C=C(Oc1ccc(Br)c(Br)c1Br)C(=O)OCC. The van der Waals surface area contributed by atoms with Crippen LogP contribution in [0.15, 0.2) is 37.9 Å². The first-order valence-electron chi connectivity index (χ1n) is 4.64. The molecular formula is C11H9Br3O3. The van der Waals surface area contributed by atoms with E-state index in [9.17, 15) is 4.79 Å². The predicted octanol–water partition coefficient (Wildman–Crippen LogP) is 4.43. The van der Waals surface area contributed by atoms with Crippen molar-refractivity contribution in [3.63, 3.8) is 0 Å². The molecule has 1 aromatic rings. The van der Waals surface area contributed by atoms with E-state index < -0.39 is 5.97 Å². The number of hydrogen-bond donors (Lipinski definition) is 0. The molecule has 6 heteroatoms. The molecule has 0 saturated heterocycles. The van der Waals surface area contributed by atoms with Crippen molar-refractivity contribution in [3.05, 3.63) is 37.9 Å². The van der Waals surface area contributed by atoms with Crippen molar-refractivity contribution in [2.24, 2.45) is 0 Å². The fourth-order valence-corrected chi connectivity index (χ4v) is 2.32. The molecule has 0 saturated carbocycles. The molecule has 0 bridgehead atoms. The summed E-state index contributed by atoms with van der Waals surface area (Å²) < 4.78 is 12.5. The monoisotopic (exact) mass is 426 g/mol. The van der Waals surface area contributed by atoms with Crippen LogP contribution in [-0.4, -0.2) is 12.6 Å². The Morgan fingerprint density at radius 2 is 1.94 bits per heavy atom. The van der Waals surface area contributed by atoms with Crippen LogP contribution >= 0.6 is 47.8 Å². The lowest BCUT2D eigenvalue weighted by Crippen LogP contribution is -2.11. The Labute approximate surface area is 125 Å². The number of carbonyl (C=O) groups excluding carboxylic acids is 1. The second-order valence-electron chi connectivity index (χ2n) is 2.92. The predicted molar refractivity (Wildman–Crippen MR) is 75.9 cm³/mol.